The molecule has 0 saturated carbocycles. The Morgan fingerprint density at radius 2 is 0.949 bits per heavy atom. The molecule has 0 radical (unpaired) electrons. The predicted octanol–water partition coefficient (Wildman–Crippen LogP) is 10.4. The number of quaternary nitrogens is 1. The zero-order valence-corrected chi connectivity index (χ0v) is 62.8. The zero-order chi connectivity index (χ0) is 76.4. The highest BCUT2D eigenvalue weighted by Crippen LogP contribution is 2.17. The number of aromatic nitrogens is 4. The molecule has 0 aromatic carbocycles. The van der Waals surface area contributed by atoms with Crippen molar-refractivity contribution in [2.45, 2.75) is 242 Å². The number of carbonyl (C=O) groups is 6. The molecule has 3 amide bonds. The van der Waals surface area contributed by atoms with Crippen LogP contribution in [0.4, 0.5) is 23.2 Å². The number of nitrogens with zero attached hydrogens (tertiary/aromatic N) is 2. The number of ether oxygens (including phenoxy) is 5. The van der Waals surface area contributed by atoms with Crippen LogP contribution in [0.15, 0.2) is 31.6 Å². The standard InChI is InChI=1S/C16H24FN3O6.C16H36N.C12H22ClNO4.C11H21NO4.C4H3FN2O2.CH2Cl2O3S.H2O4S/c1-16(2,3)26-15(24)18-8-6-4-5-7-12(21)25-10-20-9-11(17)13(22)19-14(20)23;1-5-9-13-17(14-10-6-2,15-11-7-3)16-12-8-4;1-12(2,3)18-11(16)14-8-6-4-5-7-10(15)17-9-13;1-11(2,3)16-10(15)12-8-6-4-5-7-9(13)14;5-2-1-6-4(9)7-3(2)8;2-1-6-7(3,4)5;1-4-5(2)3/h9H,4-8,10H2,1-3H3,(H,18,24)(H,19,22,23);5-16H2,1-4H3;4-9H2,1-3H3,(H,14,16);4-8H2,1-3H3,(H,12,15)(H,13,14);1H,(H2,6,7,8,9);1H2;1H,(H,2,3)/q;+1;;;;;/p-1. The summed E-state index contributed by atoms with van der Waals surface area (Å²) in [6.45, 7) is 32.2. The third kappa shape index (κ3) is 72.9. The minimum absolute atomic E-state index is 0.0982. The normalized spacial score (nSPS) is 11.3. The van der Waals surface area contributed by atoms with E-state index in [9.17, 15) is 65.1 Å². The Hall–Kier alpha value is -5.79. The lowest BCUT2D eigenvalue weighted by molar-refractivity contribution is -0.929. The number of aliphatic carboxylic acids is 1. The minimum atomic E-state index is -3.83. The topological polar surface area (TPSA) is 438 Å². The molecule has 31 nitrogen and oxygen atoms in total. The molecule has 0 saturated heterocycles. The molecule has 98 heavy (non-hydrogen) atoms. The summed E-state index contributed by atoms with van der Waals surface area (Å²) in [5, 5.41) is 23.3. The molecule has 0 aliphatic carbocycles. The van der Waals surface area contributed by atoms with Gasteiger partial charge in [-0.2, -0.15) is 17.2 Å². The second-order valence-electron chi connectivity index (χ2n) is 24.1. The predicted molar refractivity (Wildman–Crippen MR) is 366 cm³/mol. The number of H-pyrrole nitrogens is 3. The van der Waals surface area contributed by atoms with Crippen LogP contribution in [-0.4, -0.2) is 162 Å². The minimum Gasteiger partial charge on any atom is -0.748 e. The first-order chi connectivity index (χ1) is 45.5. The summed E-state index contributed by atoms with van der Waals surface area (Å²) in [4.78, 5) is 115. The Bertz CT molecular complexity index is 2830. The number of carbonyl (C=O) groups excluding carboxylic acids is 5. The van der Waals surface area contributed by atoms with Crippen molar-refractivity contribution in [1.29, 1.82) is 0 Å². The van der Waals surface area contributed by atoms with Crippen molar-refractivity contribution in [3.05, 3.63) is 65.7 Å². The van der Waals surface area contributed by atoms with Gasteiger partial charge in [-0.05, 0) is 127 Å². The van der Waals surface area contributed by atoms with E-state index in [1.165, 1.54) is 82.0 Å². The van der Waals surface area contributed by atoms with Gasteiger partial charge < -0.3 is 58.8 Å². The summed E-state index contributed by atoms with van der Waals surface area (Å²) in [6, 6.07) is -0.537. The van der Waals surface area contributed by atoms with E-state index in [-0.39, 0.29) is 24.9 Å². The number of carboxylic acids is 1. The highest BCUT2D eigenvalue weighted by Gasteiger charge is 2.25. The number of rotatable bonds is 36. The van der Waals surface area contributed by atoms with Crippen LogP contribution in [0, 0.1) is 11.6 Å². The summed E-state index contributed by atoms with van der Waals surface area (Å²) < 4.78 is 95.4. The molecule has 0 spiro atoms. The lowest BCUT2D eigenvalue weighted by Gasteiger charge is -2.39. The van der Waals surface area contributed by atoms with Crippen LogP contribution in [0.25, 0.3) is 0 Å². The van der Waals surface area contributed by atoms with Gasteiger partial charge >= 0.3 is 56.9 Å². The van der Waals surface area contributed by atoms with E-state index in [0.29, 0.717) is 64.1 Å². The van der Waals surface area contributed by atoms with Crippen molar-refractivity contribution < 1.29 is 102 Å². The Morgan fingerprint density at radius 1 is 0.592 bits per heavy atom. The van der Waals surface area contributed by atoms with Crippen LogP contribution in [0.2, 0.25) is 0 Å². The third-order valence-electron chi connectivity index (χ3n) is 11.7. The van der Waals surface area contributed by atoms with Gasteiger partial charge in [0.05, 0.1) is 32.4 Å². The number of carboxylic acid groups (broad SMARTS) is 1. The lowest BCUT2D eigenvalue weighted by Crippen LogP contribution is -2.50. The smallest absolute Gasteiger partial charge is 0.407 e. The first kappa shape index (κ1) is 101. The molecule has 0 aliphatic heterocycles. The fourth-order valence-corrected chi connectivity index (χ4v) is 8.10. The maximum Gasteiger partial charge on any atom is 0.407 e. The van der Waals surface area contributed by atoms with Crippen LogP contribution >= 0.6 is 33.9 Å². The number of unbranched alkanes of at least 4 members (excludes halogenated alkanes) is 10. The molecule has 2 aromatic heterocycles. The number of amides is 3. The number of alkyl halides is 2. The molecule has 2 aromatic rings. The van der Waals surface area contributed by atoms with Gasteiger partial charge in [0.25, 0.3) is 11.1 Å². The first-order valence-electron chi connectivity index (χ1n) is 31.9. The monoisotopic (exact) mass is 1520 g/mol. The van der Waals surface area contributed by atoms with Gasteiger partial charge in [0.2, 0.25) is 11.6 Å². The van der Waals surface area contributed by atoms with E-state index >= 15 is 0 Å². The van der Waals surface area contributed by atoms with Gasteiger partial charge in [0.15, 0.2) is 12.8 Å². The number of esters is 2. The van der Waals surface area contributed by atoms with E-state index < -0.39 is 115 Å². The Balaban J connectivity index is -0.000000361. The summed E-state index contributed by atoms with van der Waals surface area (Å²) in [5.41, 5.74) is -5.21. The third-order valence-corrected chi connectivity index (χ3v) is 12.8. The zero-order valence-electron chi connectivity index (χ0n) is 58.9. The molecule has 1 unspecified atom stereocenters. The Kier molecular flexibility index (Phi) is 61.8. The van der Waals surface area contributed by atoms with Crippen molar-refractivity contribution in [2.75, 3.05) is 57.9 Å². The van der Waals surface area contributed by atoms with Crippen molar-refractivity contribution in [3.63, 3.8) is 0 Å². The lowest BCUT2D eigenvalue weighted by atomic mass is 10.1. The molecule has 2 heterocycles. The second kappa shape index (κ2) is 60.0. The van der Waals surface area contributed by atoms with Crippen LogP contribution in [0.3, 0.4) is 0 Å². The molecule has 1 atom stereocenters. The molecule has 8 N–H and O–H groups in total. The molecule has 38 heteroatoms. The van der Waals surface area contributed by atoms with E-state index in [0.717, 1.165) is 36.7 Å². The van der Waals surface area contributed by atoms with Gasteiger partial charge in [-0.1, -0.05) is 95.8 Å². The van der Waals surface area contributed by atoms with E-state index in [4.69, 9.17) is 61.3 Å². The van der Waals surface area contributed by atoms with Crippen molar-refractivity contribution >= 4 is 90.8 Å². The number of nitrogens with one attached hydrogen (secondary N) is 6. The average Bonchev–Trinajstić information content (AvgIpc) is 0.883. The van der Waals surface area contributed by atoms with Crippen LogP contribution in [-0.2, 0) is 74.0 Å². The number of aromatic amines is 3. The molecule has 0 fully saturated rings. The van der Waals surface area contributed by atoms with Crippen molar-refractivity contribution in [3.8, 4) is 0 Å². The van der Waals surface area contributed by atoms with Gasteiger partial charge in [-0.15, -0.1) is 4.33 Å². The van der Waals surface area contributed by atoms with Crippen LogP contribution in [0.5, 0.6) is 0 Å². The molecular weight excluding hydrogens is 1410 g/mol. The van der Waals surface area contributed by atoms with Gasteiger partial charge in [-0.25, -0.2) is 37.6 Å². The average molecular weight is 1520 g/mol. The summed E-state index contributed by atoms with van der Waals surface area (Å²) in [5.74, 6) is -3.75. The van der Waals surface area contributed by atoms with Crippen LogP contribution in [0.1, 0.15) is 218 Å². The number of halogens is 5. The molecule has 0 bridgehead atoms. The Morgan fingerprint density at radius 3 is 1.23 bits per heavy atom. The molecular formula is C60H109Cl3F2N8O23S2. The fraction of sp³-hybridized carbons (Fsp3) is 0.767. The molecule has 2 rings (SSSR count). The number of alkyl carbamates (subject to hydrolysis) is 3. The van der Waals surface area contributed by atoms with Crippen molar-refractivity contribution in [1.82, 2.24) is 35.5 Å². The highest BCUT2D eigenvalue weighted by atomic mass is 35.7. The quantitative estimate of drug-likeness (QED) is 0.00362. The molecule has 0 aliphatic rings. The van der Waals surface area contributed by atoms with Gasteiger partial charge in [-0.3, -0.25) is 38.5 Å². The number of hydrogen-bond acceptors (Lipinski definition) is 22. The van der Waals surface area contributed by atoms with E-state index in [2.05, 4.69) is 67.6 Å². The highest BCUT2D eigenvalue weighted by molar-refractivity contribution is 8.10. The van der Waals surface area contributed by atoms with Gasteiger partial charge in [0, 0.05) is 55.8 Å². The Labute approximate surface area is 590 Å². The van der Waals surface area contributed by atoms with E-state index in [1.54, 1.807) is 51.5 Å². The first-order valence-corrected chi connectivity index (χ1v) is 36.2. The van der Waals surface area contributed by atoms with Gasteiger partial charge in [0.1, 0.15) is 34.2 Å². The largest absolute Gasteiger partial charge is 0.748 e. The molecule has 574 valence electrons. The SMILES string of the molecule is CC(C)(C)OC(=O)NCCCCCC(=O)O.CC(C)(C)OC(=O)NCCCCCC(=O)OCCl.CC(C)(C)OC(=O)NCCCCCC(=O)OCn1cc(F)c(=O)[nH]c1=O.CCCC[N+](CCCC)(CCCC)CCCC.O=S(=O)(Cl)OCCl.O=S([O-])OO.O=c1[nH]cc(F)c(=O)[nH]1. The number of hydrogen-bond donors (Lipinski definition) is 8. The fourth-order valence-electron chi connectivity index (χ4n) is 7.25. The summed E-state index contributed by atoms with van der Waals surface area (Å²) in [6.07, 6.45) is 18.2. The van der Waals surface area contributed by atoms with E-state index in [1.807, 2.05) is 25.8 Å². The second-order valence-corrected chi connectivity index (χ2v) is 27.2. The van der Waals surface area contributed by atoms with Crippen LogP contribution < -0.4 is 38.4 Å². The van der Waals surface area contributed by atoms with Crippen molar-refractivity contribution in [2.24, 2.45) is 0 Å². The maximum atomic E-state index is 13.1. The maximum absolute atomic E-state index is 13.1. The summed E-state index contributed by atoms with van der Waals surface area (Å²) >= 11 is 7.28. The summed E-state index contributed by atoms with van der Waals surface area (Å²) in [7, 11) is 0.665.